The van der Waals surface area contributed by atoms with Gasteiger partial charge in [0.25, 0.3) is 5.91 Å². The van der Waals surface area contributed by atoms with Crippen LogP contribution in [0.5, 0.6) is 0 Å². The van der Waals surface area contributed by atoms with Gasteiger partial charge < -0.3 is 5.32 Å². The largest absolute Gasteiger partial charge is 0.347 e. The zero-order chi connectivity index (χ0) is 16.2. The van der Waals surface area contributed by atoms with Gasteiger partial charge in [-0.25, -0.2) is 0 Å². The van der Waals surface area contributed by atoms with Crippen LogP contribution < -0.4 is 5.32 Å². The van der Waals surface area contributed by atoms with Crippen LogP contribution in [0, 0.1) is 0 Å². The molecule has 0 radical (unpaired) electrons. The number of rotatable bonds is 5. The third-order valence-electron chi connectivity index (χ3n) is 3.21. The van der Waals surface area contributed by atoms with Crippen molar-refractivity contribution in [3.63, 3.8) is 0 Å². The second-order valence-corrected chi connectivity index (χ2v) is 7.63. The molecular formula is C17H12BrNO2S2. The lowest BCUT2D eigenvalue weighted by atomic mass is 10.0. The fraction of sp³-hybridized carbons (Fsp3) is 0.0588. The molecule has 0 saturated carbocycles. The summed E-state index contributed by atoms with van der Waals surface area (Å²) in [6.07, 6.45) is 0. The first kappa shape index (κ1) is 16.1. The Morgan fingerprint density at radius 3 is 2.48 bits per heavy atom. The van der Waals surface area contributed by atoms with Crippen molar-refractivity contribution in [2.24, 2.45) is 0 Å². The second-order valence-electron chi connectivity index (χ2n) is 4.77. The van der Waals surface area contributed by atoms with Crippen molar-refractivity contribution in [1.82, 2.24) is 5.32 Å². The molecule has 0 bridgehead atoms. The maximum absolute atomic E-state index is 12.5. The van der Waals surface area contributed by atoms with Crippen molar-refractivity contribution in [2.75, 3.05) is 0 Å². The number of amides is 1. The minimum atomic E-state index is -0.241. The fourth-order valence-electron chi connectivity index (χ4n) is 2.13. The predicted octanol–water partition coefficient (Wildman–Crippen LogP) is 4.73. The minimum absolute atomic E-state index is 0.121. The van der Waals surface area contributed by atoms with Gasteiger partial charge in [-0.2, -0.15) is 0 Å². The molecular weight excluding hydrogens is 394 g/mol. The van der Waals surface area contributed by atoms with Crippen LogP contribution in [-0.2, 0) is 6.54 Å². The molecule has 0 unspecified atom stereocenters. The van der Waals surface area contributed by atoms with Crippen LogP contribution >= 0.6 is 38.6 Å². The van der Waals surface area contributed by atoms with Crippen LogP contribution in [0.2, 0.25) is 0 Å². The Hall–Kier alpha value is -1.76. The predicted molar refractivity (Wildman–Crippen MR) is 97.4 cm³/mol. The molecule has 0 saturated heterocycles. The van der Waals surface area contributed by atoms with E-state index in [1.54, 1.807) is 41.7 Å². The quantitative estimate of drug-likeness (QED) is 0.623. The van der Waals surface area contributed by atoms with Crippen LogP contribution in [0.1, 0.15) is 30.5 Å². The summed E-state index contributed by atoms with van der Waals surface area (Å²) in [6.45, 7) is 0.441. The highest BCUT2D eigenvalue weighted by atomic mass is 79.9. The van der Waals surface area contributed by atoms with E-state index < -0.39 is 0 Å². The fourth-order valence-corrected chi connectivity index (χ4v) is 4.20. The van der Waals surface area contributed by atoms with Crippen molar-refractivity contribution in [3.8, 4) is 0 Å². The molecule has 2 heterocycles. The smallest absolute Gasteiger partial charge is 0.252 e. The van der Waals surface area contributed by atoms with E-state index in [2.05, 4.69) is 21.2 Å². The van der Waals surface area contributed by atoms with E-state index in [0.717, 1.165) is 9.35 Å². The molecule has 6 heteroatoms. The number of hydrogen-bond acceptors (Lipinski definition) is 4. The van der Waals surface area contributed by atoms with E-state index >= 15 is 0 Å². The molecule has 0 aliphatic heterocycles. The zero-order valence-corrected chi connectivity index (χ0v) is 15.1. The summed E-state index contributed by atoms with van der Waals surface area (Å²) in [5.41, 5.74) is 0.835. The number of carbonyl (C=O) groups is 2. The van der Waals surface area contributed by atoms with Gasteiger partial charge in [-0.1, -0.05) is 24.3 Å². The monoisotopic (exact) mass is 405 g/mol. The number of hydrogen-bond donors (Lipinski definition) is 1. The summed E-state index contributed by atoms with van der Waals surface area (Å²) in [7, 11) is 0. The molecule has 23 heavy (non-hydrogen) atoms. The van der Waals surface area contributed by atoms with Crippen LogP contribution in [0.3, 0.4) is 0 Å². The molecule has 116 valence electrons. The van der Waals surface area contributed by atoms with Crippen molar-refractivity contribution < 1.29 is 9.59 Å². The van der Waals surface area contributed by atoms with Gasteiger partial charge >= 0.3 is 0 Å². The average Bonchev–Trinajstić information content (AvgIpc) is 3.23. The van der Waals surface area contributed by atoms with Gasteiger partial charge in [-0.3, -0.25) is 9.59 Å². The Morgan fingerprint density at radius 2 is 1.83 bits per heavy atom. The maximum atomic E-state index is 12.5. The Balaban J connectivity index is 1.79. The highest BCUT2D eigenvalue weighted by molar-refractivity contribution is 9.10. The standard InChI is InChI=1S/C17H12BrNO2S2/c18-11-8-12(23-10-11)9-19-17(21)14-5-2-1-4-13(14)16(20)15-6-3-7-22-15/h1-8,10H,9H2,(H,19,21). The van der Waals surface area contributed by atoms with E-state index in [4.69, 9.17) is 0 Å². The van der Waals surface area contributed by atoms with Crippen molar-refractivity contribution >= 4 is 50.3 Å². The Kier molecular flexibility index (Phi) is 5.05. The van der Waals surface area contributed by atoms with E-state index in [9.17, 15) is 9.59 Å². The van der Waals surface area contributed by atoms with Gasteiger partial charge in [-0.05, 0) is 39.5 Å². The Bertz CT molecular complexity index is 840. The van der Waals surface area contributed by atoms with Crippen molar-refractivity contribution in [1.29, 1.82) is 0 Å². The Morgan fingerprint density at radius 1 is 1.04 bits per heavy atom. The highest BCUT2D eigenvalue weighted by Crippen LogP contribution is 2.21. The molecule has 0 aliphatic rings. The summed E-state index contributed by atoms with van der Waals surface area (Å²) in [6, 6.07) is 12.5. The topological polar surface area (TPSA) is 46.2 Å². The molecule has 3 nitrogen and oxygen atoms in total. The second kappa shape index (κ2) is 7.21. The van der Waals surface area contributed by atoms with Gasteiger partial charge in [0.05, 0.1) is 17.0 Å². The number of halogens is 1. The summed E-state index contributed by atoms with van der Waals surface area (Å²) in [5, 5.41) is 6.69. The Labute approximate surface area is 150 Å². The number of nitrogens with one attached hydrogen (secondary N) is 1. The van der Waals surface area contributed by atoms with Gasteiger partial charge in [0, 0.05) is 20.3 Å². The molecule has 0 spiro atoms. The van der Waals surface area contributed by atoms with E-state index in [0.29, 0.717) is 22.5 Å². The molecule has 2 aromatic heterocycles. The maximum Gasteiger partial charge on any atom is 0.252 e. The first-order valence-corrected chi connectivity index (χ1v) is 9.39. The summed E-state index contributed by atoms with van der Waals surface area (Å²) < 4.78 is 1.00. The lowest BCUT2D eigenvalue weighted by molar-refractivity contribution is 0.0940. The first-order chi connectivity index (χ1) is 11.1. The number of ketones is 1. The van der Waals surface area contributed by atoms with E-state index in [1.165, 1.54) is 11.3 Å². The van der Waals surface area contributed by atoms with Crippen LogP contribution in [0.25, 0.3) is 0 Å². The van der Waals surface area contributed by atoms with E-state index in [-0.39, 0.29) is 11.7 Å². The number of thiophene rings is 2. The highest BCUT2D eigenvalue weighted by Gasteiger charge is 2.18. The molecule has 3 aromatic rings. The summed E-state index contributed by atoms with van der Waals surface area (Å²) in [4.78, 5) is 26.7. The van der Waals surface area contributed by atoms with Gasteiger partial charge in [0.1, 0.15) is 0 Å². The molecule has 1 aromatic carbocycles. The lowest BCUT2D eigenvalue weighted by Crippen LogP contribution is -2.24. The number of benzene rings is 1. The summed E-state index contributed by atoms with van der Waals surface area (Å²) in [5.74, 6) is -0.361. The lowest BCUT2D eigenvalue weighted by Gasteiger charge is -2.08. The van der Waals surface area contributed by atoms with Crippen molar-refractivity contribution in [3.05, 3.63) is 78.6 Å². The molecule has 0 fully saturated rings. The van der Waals surface area contributed by atoms with Crippen LogP contribution in [0.4, 0.5) is 0 Å². The molecule has 1 N–H and O–H groups in total. The molecule has 3 rings (SSSR count). The van der Waals surface area contributed by atoms with Crippen LogP contribution in [0.15, 0.2) is 57.7 Å². The number of carbonyl (C=O) groups excluding carboxylic acids is 2. The van der Waals surface area contributed by atoms with Gasteiger partial charge in [0.2, 0.25) is 5.78 Å². The molecule has 0 aliphatic carbocycles. The average molecular weight is 406 g/mol. The third-order valence-corrected chi connectivity index (χ3v) is 5.77. The molecule has 1 amide bonds. The van der Waals surface area contributed by atoms with Gasteiger partial charge in [-0.15, -0.1) is 22.7 Å². The van der Waals surface area contributed by atoms with E-state index in [1.807, 2.05) is 22.9 Å². The molecule has 0 atom stereocenters. The normalized spacial score (nSPS) is 10.5. The zero-order valence-electron chi connectivity index (χ0n) is 11.9. The SMILES string of the molecule is O=C(NCc1cc(Br)cs1)c1ccccc1C(=O)c1cccs1. The van der Waals surface area contributed by atoms with Crippen molar-refractivity contribution in [2.45, 2.75) is 6.54 Å². The summed E-state index contributed by atoms with van der Waals surface area (Å²) >= 11 is 6.33. The van der Waals surface area contributed by atoms with Gasteiger partial charge in [0.15, 0.2) is 0 Å². The third kappa shape index (κ3) is 3.77. The minimum Gasteiger partial charge on any atom is -0.347 e. The first-order valence-electron chi connectivity index (χ1n) is 6.83. The van der Waals surface area contributed by atoms with Crippen LogP contribution in [-0.4, -0.2) is 11.7 Å².